The molecule has 2 N–H and O–H groups in total. The number of nitrogens with one attached hydrogen (secondary N) is 2. The standard InChI is InChI=1S/C21H23F3N4O5S/c1-12-16(17(29)25-2)34-18(27-12)14-5-3-4-6-15(14)28(33-19(30)21(22,23)24)20(31)32-11-13-7-9-26-10-8-13/h3-6,13,26H,7-11H2,1-2H3,(H,25,29). The number of amides is 2. The highest BCUT2D eigenvalue weighted by Gasteiger charge is 2.44. The number of para-hydroxylation sites is 1. The van der Waals surface area contributed by atoms with Gasteiger partial charge in [-0.25, -0.2) is 14.6 Å². The Morgan fingerprint density at radius 2 is 1.91 bits per heavy atom. The fourth-order valence-electron chi connectivity index (χ4n) is 3.28. The van der Waals surface area contributed by atoms with Gasteiger partial charge >= 0.3 is 18.2 Å². The van der Waals surface area contributed by atoms with E-state index < -0.39 is 18.2 Å². The highest BCUT2D eigenvalue weighted by atomic mass is 32.1. The molecule has 2 heterocycles. The molecule has 0 atom stereocenters. The van der Waals surface area contributed by atoms with Crippen molar-refractivity contribution < 1.29 is 37.1 Å². The Labute approximate surface area is 197 Å². The molecule has 0 radical (unpaired) electrons. The first-order valence-electron chi connectivity index (χ1n) is 10.4. The van der Waals surface area contributed by atoms with Crippen molar-refractivity contribution in [2.45, 2.75) is 25.9 Å². The van der Waals surface area contributed by atoms with Gasteiger partial charge in [0, 0.05) is 12.6 Å². The number of thiazole rings is 1. The monoisotopic (exact) mass is 500 g/mol. The van der Waals surface area contributed by atoms with Gasteiger partial charge in [0.2, 0.25) is 0 Å². The zero-order chi connectivity index (χ0) is 24.9. The predicted octanol–water partition coefficient (Wildman–Crippen LogP) is 3.44. The number of carbonyl (C=O) groups is 3. The maximum absolute atomic E-state index is 13.0. The van der Waals surface area contributed by atoms with Crippen LogP contribution in [0.15, 0.2) is 24.3 Å². The zero-order valence-corrected chi connectivity index (χ0v) is 19.2. The Morgan fingerprint density at radius 3 is 2.56 bits per heavy atom. The molecule has 0 aliphatic carbocycles. The maximum Gasteiger partial charge on any atom is 0.493 e. The van der Waals surface area contributed by atoms with Crippen molar-refractivity contribution in [2.24, 2.45) is 5.92 Å². The van der Waals surface area contributed by atoms with Crippen LogP contribution in [-0.2, 0) is 14.4 Å². The molecule has 1 aliphatic heterocycles. The SMILES string of the molecule is CNC(=O)c1sc(-c2ccccc2N(OC(=O)C(F)(F)F)C(=O)OCC2CCNCC2)nc1C. The fraction of sp³-hybridized carbons (Fsp3) is 0.429. The second-order valence-corrected chi connectivity index (χ2v) is 8.47. The molecule has 1 fully saturated rings. The van der Waals surface area contributed by atoms with Gasteiger partial charge in [0.05, 0.1) is 18.0 Å². The Hall–Kier alpha value is -3.19. The lowest BCUT2D eigenvalue weighted by Gasteiger charge is -2.25. The van der Waals surface area contributed by atoms with Crippen LogP contribution in [0.5, 0.6) is 0 Å². The van der Waals surface area contributed by atoms with Gasteiger partial charge in [-0.3, -0.25) is 4.79 Å². The fourth-order valence-corrected chi connectivity index (χ4v) is 4.33. The Balaban J connectivity index is 1.95. The van der Waals surface area contributed by atoms with Gasteiger partial charge in [0.15, 0.2) is 0 Å². The molecule has 34 heavy (non-hydrogen) atoms. The molecule has 2 aromatic rings. The number of aromatic nitrogens is 1. The van der Waals surface area contributed by atoms with E-state index in [2.05, 4.69) is 20.5 Å². The van der Waals surface area contributed by atoms with Crippen LogP contribution in [0.3, 0.4) is 0 Å². The number of piperidine rings is 1. The number of aryl methyl sites for hydroxylation is 1. The number of halogens is 3. The highest BCUT2D eigenvalue weighted by Crippen LogP contribution is 2.36. The van der Waals surface area contributed by atoms with Gasteiger partial charge in [-0.15, -0.1) is 16.4 Å². The van der Waals surface area contributed by atoms with Crippen LogP contribution in [0.1, 0.15) is 28.2 Å². The lowest BCUT2D eigenvalue weighted by Crippen LogP contribution is -2.40. The third-order valence-electron chi connectivity index (χ3n) is 5.06. The first-order valence-corrected chi connectivity index (χ1v) is 11.2. The summed E-state index contributed by atoms with van der Waals surface area (Å²) in [4.78, 5) is 45.6. The van der Waals surface area contributed by atoms with E-state index in [1.807, 2.05) is 0 Å². The van der Waals surface area contributed by atoms with Crippen molar-refractivity contribution in [2.75, 3.05) is 31.8 Å². The Bertz CT molecular complexity index is 1050. The summed E-state index contributed by atoms with van der Waals surface area (Å²) < 4.78 is 44.1. The number of alkyl halides is 3. The summed E-state index contributed by atoms with van der Waals surface area (Å²) in [6.45, 7) is 3.02. The lowest BCUT2D eigenvalue weighted by molar-refractivity contribution is -0.200. The maximum atomic E-state index is 13.0. The highest BCUT2D eigenvalue weighted by molar-refractivity contribution is 7.17. The number of hydrogen-bond acceptors (Lipinski definition) is 8. The van der Waals surface area contributed by atoms with E-state index in [0.29, 0.717) is 10.6 Å². The van der Waals surface area contributed by atoms with Crippen molar-refractivity contribution in [3.63, 3.8) is 0 Å². The molecule has 3 rings (SSSR count). The number of ether oxygens (including phenoxy) is 1. The molecular weight excluding hydrogens is 477 g/mol. The van der Waals surface area contributed by atoms with Gasteiger partial charge in [-0.2, -0.15) is 13.2 Å². The van der Waals surface area contributed by atoms with Crippen molar-refractivity contribution in [1.29, 1.82) is 0 Å². The van der Waals surface area contributed by atoms with Crippen molar-refractivity contribution in [3.05, 3.63) is 34.8 Å². The van der Waals surface area contributed by atoms with Gasteiger partial charge in [0.1, 0.15) is 9.88 Å². The van der Waals surface area contributed by atoms with Crippen LogP contribution in [0, 0.1) is 12.8 Å². The molecule has 0 saturated carbocycles. The molecule has 0 unspecified atom stereocenters. The Morgan fingerprint density at radius 1 is 1.24 bits per heavy atom. The molecule has 9 nitrogen and oxygen atoms in total. The van der Waals surface area contributed by atoms with Crippen LogP contribution < -0.4 is 15.7 Å². The number of benzene rings is 1. The van der Waals surface area contributed by atoms with Crippen molar-refractivity contribution in [1.82, 2.24) is 15.6 Å². The summed E-state index contributed by atoms with van der Waals surface area (Å²) in [6.07, 6.45) is -5.16. The van der Waals surface area contributed by atoms with Crippen LogP contribution in [0.25, 0.3) is 10.6 Å². The minimum Gasteiger partial charge on any atom is -0.447 e. The van der Waals surface area contributed by atoms with Gasteiger partial charge in [-0.1, -0.05) is 12.1 Å². The normalized spacial score (nSPS) is 14.4. The summed E-state index contributed by atoms with van der Waals surface area (Å²) in [5.74, 6) is -2.94. The number of anilines is 1. The van der Waals surface area contributed by atoms with Crippen LogP contribution >= 0.6 is 11.3 Å². The summed E-state index contributed by atoms with van der Waals surface area (Å²) in [6, 6.07) is 5.80. The summed E-state index contributed by atoms with van der Waals surface area (Å²) in [7, 11) is 1.45. The number of nitrogens with zero attached hydrogens (tertiary/aromatic N) is 2. The Kier molecular flexibility index (Phi) is 8.10. The minimum absolute atomic E-state index is 0.0253. The van der Waals surface area contributed by atoms with E-state index in [1.165, 1.54) is 25.2 Å². The molecule has 1 saturated heterocycles. The minimum atomic E-state index is -5.34. The lowest BCUT2D eigenvalue weighted by atomic mass is 9.99. The largest absolute Gasteiger partial charge is 0.493 e. The van der Waals surface area contributed by atoms with Gasteiger partial charge < -0.3 is 20.2 Å². The molecule has 13 heteroatoms. The van der Waals surface area contributed by atoms with Crippen LogP contribution in [0.4, 0.5) is 23.7 Å². The molecule has 1 aliphatic rings. The number of hydrogen-bond donors (Lipinski definition) is 2. The molecule has 1 aromatic heterocycles. The molecule has 1 aromatic carbocycles. The summed E-state index contributed by atoms with van der Waals surface area (Å²) in [5, 5.41) is 6.06. The van der Waals surface area contributed by atoms with Gasteiger partial charge in [0.25, 0.3) is 5.91 Å². The first kappa shape index (κ1) is 25.4. The van der Waals surface area contributed by atoms with E-state index in [1.54, 1.807) is 13.0 Å². The molecular formula is C21H23F3N4O5S. The van der Waals surface area contributed by atoms with E-state index in [9.17, 15) is 27.6 Å². The quantitative estimate of drug-likeness (QED) is 0.606. The third kappa shape index (κ3) is 6.03. The topological polar surface area (TPSA) is 110 Å². The van der Waals surface area contributed by atoms with Gasteiger partial charge in [-0.05, 0) is 50.9 Å². The van der Waals surface area contributed by atoms with E-state index in [0.717, 1.165) is 37.3 Å². The third-order valence-corrected chi connectivity index (χ3v) is 6.25. The molecule has 184 valence electrons. The molecule has 0 bridgehead atoms. The average Bonchev–Trinajstić information content (AvgIpc) is 3.21. The van der Waals surface area contributed by atoms with Crippen molar-refractivity contribution >= 4 is 35.0 Å². The predicted molar refractivity (Wildman–Crippen MR) is 117 cm³/mol. The van der Waals surface area contributed by atoms with Crippen molar-refractivity contribution in [3.8, 4) is 10.6 Å². The zero-order valence-electron chi connectivity index (χ0n) is 18.4. The summed E-state index contributed by atoms with van der Waals surface area (Å²) >= 11 is 0.977. The number of rotatable bonds is 5. The average molecular weight is 500 g/mol. The van der Waals surface area contributed by atoms with Crippen LogP contribution in [0.2, 0.25) is 0 Å². The van der Waals surface area contributed by atoms with Crippen LogP contribution in [-0.4, -0.2) is 55.9 Å². The van der Waals surface area contributed by atoms with E-state index in [-0.39, 0.29) is 39.8 Å². The summed E-state index contributed by atoms with van der Waals surface area (Å²) in [5.41, 5.74) is 0.383. The smallest absolute Gasteiger partial charge is 0.447 e. The second-order valence-electron chi connectivity index (χ2n) is 7.47. The number of hydroxylamine groups is 1. The molecule has 2 amide bonds. The molecule has 0 spiro atoms. The first-order chi connectivity index (χ1) is 16.1. The van der Waals surface area contributed by atoms with E-state index in [4.69, 9.17) is 4.74 Å². The number of carbonyl (C=O) groups excluding carboxylic acids is 3. The second kappa shape index (κ2) is 10.8. The van der Waals surface area contributed by atoms with E-state index >= 15 is 0 Å².